The molecule has 0 aromatic heterocycles. The molecule has 38 heavy (non-hydrogen) atoms. The van der Waals surface area contributed by atoms with Crippen LogP contribution in [-0.4, -0.2) is 38.4 Å². The largest absolute Gasteiger partial charge is 0.598 e. The highest BCUT2D eigenvalue weighted by atomic mass is 32.2. The number of rotatable bonds is 14. The highest BCUT2D eigenvalue weighted by Crippen LogP contribution is 2.54. The Morgan fingerprint density at radius 3 is 2.42 bits per heavy atom. The van der Waals surface area contributed by atoms with E-state index in [1.165, 1.54) is 6.42 Å². The van der Waals surface area contributed by atoms with Gasteiger partial charge in [-0.15, -0.1) is 4.72 Å². The second kappa shape index (κ2) is 14.5. The number of carboxylic acid groups (broad SMARTS) is 1. The van der Waals surface area contributed by atoms with Gasteiger partial charge in [-0.05, 0) is 76.5 Å². The van der Waals surface area contributed by atoms with Crippen molar-refractivity contribution in [1.82, 2.24) is 4.72 Å². The van der Waals surface area contributed by atoms with Crippen molar-refractivity contribution in [3.63, 3.8) is 0 Å². The van der Waals surface area contributed by atoms with Crippen molar-refractivity contribution in [2.45, 2.75) is 95.4 Å². The van der Waals surface area contributed by atoms with E-state index in [9.17, 15) is 19.0 Å². The molecule has 1 saturated carbocycles. The van der Waals surface area contributed by atoms with Crippen LogP contribution in [0.25, 0.3) is 0 Å². The minimum absolute atomic E-state index is 0.0451. The molecule has 2 aromatic rings. The van der Waals surface area contributed by atoms with Crippen LogP contribution in [-0.2, 0) is 38.3 Å². The molecular formula is C29H42NO6PS. The third kappa shape index (κ3) is 9.73. The number of ether oxygens (including phenoxy) is 1. The lowest BCUT2D eigenvalue weighted by molar-refractivity contribution is -0.137. The molecule has 0 amide bonds. The quantitative estimate of drug-likeness (QED) is 0.195. The fourth-order valence-corrected chi connectivity index (χ4v) is 8.14. The van der Waals surface area contributed by atoms with Gasteiger partial charge in [-0.3, -0.25) is 9.36 Å². The summed E-state index contributed by atoms with van der Waals surface area (Å²) in [5.74, 6) is -1.07. The first-order valence-corrected chi connectivity index (χ1v) is 16.5. The van der Waals surface area contributed by atoms with Crippen molar-refractivity contribution in [2.24, 2.45) is 0 Å². The molecule has 2 aromatic carbocycles. The summed E-state index contributed by atoms with van der Waals surface area (Å²) in [5.41, 5.74) is 1.80. The van der Waals surface area contributed by atoms with Crippen LogP contribution in [0.1, 0.15) is 76.8 Å². The van der Waals surface area contributed by atoms with E-state index in [2.05, 4.69) is 4.72 Å². The van der Waals surface area contributed by atoms with Gasteiger partial charge in [-0.1, -0.05) is 55.0 Å². The van der Waals surface area contributed by atoms with Crippen molar-refractivity contribution in [3.05, 3.63) is 65.7 Å². The zero-order chi connectivity index (χ0) is 27.6. The second-order valence-electron chi connectivity index (χ2n) is 10.9. The van der Waals surface area contributed by atoms with Gasteiger partial charge in [-0.25, -0.2) is 0 Å². The van der Waals surface area contributed by atoms with Crippen LogP contribution in [0.4, 0.5) is 0 Å². The molecule has 0 aliphatic heterocycles. The van der Waals surface area contributed by atoms with E-state index in [-0.39, 0.29) is 31.7 Å². The van der Waals surface area contributed by atoms with Crippen molar-refractivity contribution in [1.29, 1.82) is 0 Å². The van der Waals surface area contributed by atoms with Gasteiger partial charge in [0.15, 0.2) is 0 Å². The summed E-state index contributed by atoms with van der Waals surface area (Å²) in [6, 6.07) is 17.3. The first kappa shape index (κ1) is 30.7. The van der Waals surface area contributed by atoms with Crippen molar-refractivity contribution >= 4 is 24.7 Å². The monoisotopic (exact) mass is 563 g/mol. The smallest absolute Gasteiger partial charge is 0.303 e. The Morgan fingerprint density at radius 1 is 1.11 bits per heavy atom. The van der Waals surface area contributed by atoms with Crippen molar-refractivity contribution < 1.29 is 28.3 Å². The Kier molecular flexibility index (Phi) is 11.7. The summed E-state index contributed by atoms with van der Waals surface area (Å²) in [6.07, 6.45) is 6.26. The minimum Gasteiger partial charge on any atom is -0.598 e. The third-order valence-corrected chi connectivity index (χ3v) is 11.2. The summed E-state index contributed by atoms with van der Waals surface area (Å²) < 4.78 is 42.5. The molecule has 7 nitrogen and oxygen atoms in total. The summed E-state index contributed by atoms with van der Waals surface area (Å²) in [5, 5.41) is 9.38. The van der Waals surface area contributed by atoms with Crippen LogP contribution in [0.2, 0.25) is 0 Å². The molecule has 0 bridgehead atoms. The number of carbonyl (C=O) groups is 1. The van der Waals surface area contributed by atoms with E-state index in [4.69, 9.17) is 9.26 Å². The predicted molar refractivity (Wildman–Crippen MR) is 153 cm³/mol. The average molecular weight is 564 g/mol. The lowest BCUT2D eigenvalue weighted by Gasteiger charge is -2.32. The summed E-state index contributed by atoms with van der Waals surface area (Å²) in [6.45, 7) is 5.57. The van der Waals surface area contributed by atoms with E-state index < -0.39 is 35.2 Å². The van der Waals surface area contributed by atoms with Crippen LogP contribution in [0.15, 0.2) is 54.6 Å². The van der Waals surface area contributed by atoms with Gasteiger partial charge in [0.05, 0.1) is 12.7 Å². The van der Waals surface area contributed by atoms with Crippen LogP contribution < -0.4 is 9.46 Å². The van der Waals surface area contributed by atoms with Gasteiger partial charge in [-0.2, -0.15) is 0 Å². The Labute approximate surface area is 230 Å². The van der Waals surface area contributed by atoms with Crippen LogP contribution in [0, 0.1) is 0 Å². The molecule has 1 fully saturated rings. The van der Waals surface area contributed by atoms with E-state index in [0.717, 1.165) is 42.6 Å². The first-order valence-electron chi connectivity index (χ1n) is 13.5. The molecular weight excluding hydrogens is 521 g/mol. The van der Waals surface area contributed by atoms with Crippen molar-refractivity contribution in [2.75, 3.05) is 6.16 Å². The summed E-state index contributed by atoms with van der Waals surface area (Å²) in [4.78, 5) is 11.5. The van der Waals surface area contributed by atoms with Gasteiger partial charge in [0.25, 0.3) is 0 Å². The van der Waals surface area contributed by atoms with E-state index in [1.807, 2.05) is 75.4 Å². The number of para-hydroxylation sites is 1. The number of aliphatic carboxylic acids is 1. The number of carboxylic acids is 1. The van der Waals surface area contributed by atoms with Crippen LogP contribution >= 0.6 is 7.37 Å². The zero-order valence-electron chi connectivity index (χ0n) is 22.8. The molecule has 0 spiro atoms. The molecule has 9 heteroatoms. The van der Waals surface area contributed by atoms with Gasteiger partial charge in [0, 0.05) is 23.9 Å². The number of nitrogens with one attached hydrogen (secondary N) is 1. The SMILES string of the molecule is CC(C)(C)[S+]([O-])NC(CCC(=O)O)P(=O)(CCc1ccccc1OC1CCCCC1)OCc1ccccc1. The lowest BCUT2D eigenvalue weighted by atomic mass is 9.97. The van der Waals surface area contributed by atoms with Crippen molar-refractivity contribution in [3.8, 4) is 5.75 Å². The van der Waals surface area contributed by atoms with Crippen LogP contribution in [0.3, 0.4) is 0 Å². The molecule has 3 unspecified atom stereocenters. The van der Waals surface area contributed by atoms with Gasteiger partial charge in [0.1, 0.15) is 16.3 Å². The summed E-state index contributed by atoms with van der Waals surface area (Å²) in [7, 11) is -3.53. The Bertz CT molecular complexity index is 1050. The molecule has 0 heterocycles. The average Bonchev–Trinajstić information content (AvgIpc) is 2.90. The minimum atomic E-state index is -3.53. The first-order chi connectivity index (χ1) is 18.1. The molecule has 2 N–H and O–H groups in total. The second-order valence-corrected chi connectivity index (χ2v) is 15.7. The highest BCUT2D eigenvalue weighted by Gasteiger charge is 2.40. The number of hydrogen-bond donors (Lipinski definition) is 2. The normalized spacial score (nSPS) is 17.9. The number of hydrogen-bond acceptors (Lipinski definition) is 6. The molecule has 3 atom stereocenters. The number of benzene rings is 2. The van der Waals surface area contributed by atoms with Gasteiger partial charge in [0.2, 0.25) is 7.37 Å². The fraction of sp³-hybridized carbons (Fsp3) is 0.552. The predicted octanol–water partition coefficient (Wildman–Crippen LogP) is 6.68. The maximum atomic E-state index is 14.6. The Balaban J connectivity index is 1.84. The van der Waals surface area contributed by atoms with E-state index in [0.29, 0.717) is 6.42 Å². The Hall–Kier alpha value is -1.83. The lowest BCUT2D eigenvalue weighted by Crippen LogP contribution is -2.45. The maximum Gasteiger partial charge on any atom is 0.303 e. The third-order valence-electron chi connectivity index (χ3n) is 6.71. The van der Waals surface area contributed by atoms with Gasteiger partial charge >= 0.3 is 5.97 Å². The van der Waals surface area contributed by atoms with E-state index in [1.54, 1.807) is 0 Å². The molecule has 1 aliphatic rings. The van der Waals surface area contributed by atoms with Gasteiger partial charge < -0.3 is 18.9 Å². The molecule has 0 radical (unpaired) electrons. The number of aryl methyl sites for hydroxylation is 1. The highest BCUT2D eigenvalue weighted by molar-refractivity contribution is 7.91. The summed E-state index contributed by atoms with van der Waals surface area (Å²) >= 11 is -1.55. The molecule has 0 saturated heterocycles. The topological polar surface area (TPSA) is 108 Å². The molecule has 1 aliphatic carbocycles. The Morgan fingerprint density at radius 2 is 1.76 bits per heavy atom. The molecule has 210 valence electrons. The maximum absolute atomic E-state index is 14.6. The fourth-order valence-electron chi connectivity index (χ4n) is 4.43. The zero-order valence-corrected chi connectivity index (χ0v) is 24.5. The van der Waals surface area contributed by atoms with Crippen LogP contribution in [0.5, 0.6) is 5.75 Å². The standard InChI is InChI=1S/C29H42NO6PS/c1-29(2,3)38(34)30-27(18-19-28(31)32)37(33,35-22-23-12-6-4-7-13-23)21-20-24-14-10-11-17-26(24)36-25-15-8-5-9-16-25/h4,6-7,10-14,17,25,27,30H,5,8-9,15-16,18-22H2,1-3H3,(H,31,32). The molecule has 3 rings (SSSR count). The van der Waals surface area contributed by atoms with E-state index >= 15 is 0 Å².